The largest absolute Gasteiger partial charge is 0.253 e. The molecule has 0 aliphatic rings. The molecule has 0 atom stereocenters. The molecule has 0 bridgehead atoms. The molecule has 0 aliphatic heterocycles. The standard InChI is InChI=1S/C12H12N2S2/c1-15-9-5-3-7-13-11(9)12-10(16-2)6-4-8-14-12/h3-8H,1-2H3. The van der Waals surface area contributed by atoms with Crippen LogP contribution in [0, 0.1) is 0 Å². The maximum atomic E-state index is 4.43. The van der Waals surface area contributed by atoms with E-state index in [4.69, 9.17) is 0 Å². The van der Waals surface area contributed by atoms with E-state index in [0.29, 0.717) is 0 Å². The van der Waals surface area contributed by atoms with Crippen molar-refractivity contribution in [3.8, 4) is 11.4 Å². The first kappa shape index (κ1) is 11.5. The van der Waals surface area contributed by atoms with Gasteiger partial charge in [0.15, 0.2) is 0 Å². The Morgan fingerprint density at radius 3 is 1.62 bits per heavy atom. The molecule has 4 heteroatoms. The molecular formula is C12H12N2S2. The van der Waals surface area contributed by atoms with Crippen LogP contribution in [0.4, 0.5) is 0 Å². The summed E-state index contributed by atoms with van der Waals surface area (Å²) in [6, 6.07) is 8.06. The zero-order valence-electron chi connectivity index (χ0n) is 9.18. The van der Waals surface area contributed by atoms with Gasteiger partial charge < -0.3 is 0 Å². The Kier molecular flexibility index (Phi) is 3.85. The van der Waals surface area contributed by atoms with E-state index < -0.39 is 0 Å². The Morgan fingerprint density at radius 1 is 0.812 bits per heavy atom. The molecule has 2 aromatic rings. The quantitative estimate of drug-likeness (QED) is 0.775. The highest BCUT2D eigenvalue weighted by Crippen LogP contribution is 2.32. The number of nitrogens with zero attached hydrogens (tertiary/aromatic N) is 2. The van der Waals surface area contributed by atoms with Crippen molar-refractivity contribution in [1.82, 2.24) is 9.97 Å². The van der Waals surface area contributed by atoms with Crippen molar-refractivity contribution < 1.29 is 0 Å². The Bertz CT molecular complexity index is 440. The fourth-order valence-electron chi connectivity index (χ4n) is 1.47. The molecule has 0 aromatic carbocycles. The third-order valence-electron chi connectivity index (χ3n) is 2.21. The number of thioether (sulfide) groups is 2. The van der Waals surface area contributed by atoms with Gasteiger partial charge in [-0.05, 0) is 36.8 Å². The van der Waals surface area contributed by atoms with Crippen molar-refractivity contribution in [2.24, 2.45) is 0 Å². The lowest BCUT2D eigenvalue weighted by Gasteiger charge is -2.08. The molecule has 0 saturated heterocycles. The predicted octanol–water partition coefficient (Wildman–Crippen LogP) is 3.59. The van der Waals surface area contributed by atoms with Crippen molar-refractivity contribution in [3.63, 3.8) is 0 Å². The van der Waals surface area contributed by atoms with Crippen molar-refractivity contribution >= 4 is 23.5 Å². The van der Waals surface area contributed by atoms with E-state index in [1.807, 2.05) is 24.5 Å². The SMILES string of the molecule is CSc1cccnc1-c1ncccc1SC. The van der Waals surface area contributed by atoms with Crippen LogP contribution in [0.15, 0.2) is 46.5 Å². The van der Waals surface area contributed by atoms with Gasteiger partial charge in [0.05, 0.1) is 0 Å². The average molecular weight is 248 g/mol. The van der Waals surface area contributed by atoms with Gasteiger partial charge in [-0.1, -0.05) is 0 Å². The lowest BCUT2D eigenvalue weighted by atomic mass is 10.2. The molecule has 0 aliphatic carbocycles. The van der Waals surface area contributed by atoms with Gasteiger partial charge in [0, 0.05) is 22.2 Å². The molecular weight excluding hydrogens is 236 g/mol. The third-order valence-corrected chi connectivity index (χ3v) is 3.74. The first-order chi connectivity index (χ1) is 7.86. The highest BCUT2D eigenvalue weighted by molar-refractivity contribution is 7.99. The first-order valence-electron chi connectivity index (χ1n) is 4.85. The normalized spacial score (nSPS) is 10.4. The van der Waals surface area contributed by atoms with Crippen LogP contribution in [-0.2, 0) is 0 Å². The molecule has 0 N–H and O–H groups in total. The van der Waals surface area contributed by atoms with Crippen LogP contribution in [0.1, 0.15) is 0 Å². The highest BCUT2D eigenvalue weighted by atomic mass is 32.2. The predicted molar refractivity (Wildman–Crippen MR) is 71.0 cm³/mol. The van der Waals surface area contributed by atoms with Crippen LogP contribution in [0.2, 0.25) is 0 Å². The molecule has 2 heterocycles. The summed E-state index contributed by atoms with van der Waals surface area (Å²) in [5.74, 6) is 0. The van der Waals surface area contributed by atoms with Crippen LogP contribution >= 0.6 is 23.5 Å². The van der Waals surface area contributed by atoms with Crippen LogP contribution in [0.3, 0.4) is 0 Å². The van der Waals surface area contributed by atoms with E-state index in [1.54, 1.807) is 23.5 Å². The Hall–Kier alpha value is -1.00. The minimum absolute atomic E-state index is 0.972. The maximum absolute atomic E-state index is 4.43. The summed E-state index contributed by atoms with van der Waals surface area (Å²) in [5, 5.41) is 0. The molecule has 0 saturated carbocycles. The van der Waals surface area contributed by atoms with Gasteiger partial charge in [-0.2, -0.15) is 0 Å². The van der Waals surface area contributed by atoms with Gasteiger partial charge in [-0.25, -0.2) is 0 Å². The van der Waals surface area contributed by atoms with Gasteiger partial charge in [0.1, 0.15) is 11.4 Å². The van der Waals surface area contributed by atoms with Crippen LogP contribution in [-0.4, -0.2) is 22.5 Å². The zero-order chi connectivity index (χ0) is 11.4. The number of pyridine rings is 2. The van der Waals surface area contributed by atoms with E-state index in [0.717, 1.165) is 21.2 Å². The molecule has 0 unspecified atom stereocenters. The Morgan fingerprint density at radius 2 is 1.25 bits per heavy atom. The number of hydrogen-bond donors (Lipinski definition) is 0. The average Bonchev–Trinajstić information content (AvgIpc) is 2.38. The second-order valence-corrected chi connectivity index (χ2v) is 4.80. The lowest BCUT2D eigenvalue weighted by Crippen LogP contribution is -1.91. The van der Waals surface area contributed by atoms with E-state index in [-0.39, 0.29) is 0 Å². The number of aromatic nitrogens is 2. The summed E-state index contributed by atoms with van der Waals surface area (Å²) >= 11 is 3.40. The second-order valence-electron chi connectivity index (χ2n) is 3.11. The third kappa shape index (κ3) is 2.23. The number of rotatable bonds is 3. The van der Waals surface area contributed by atoms with Crippen molar-refractivity contribution in [2.75, 3.05) is 12.5 Å². The van der Waals surface area contributed by atoms with Crippen LogP contribution in [0.25, 0.3) is 11.4 Å². The second kappa shape index (κ2) is 5.37. The van der Waals surface area contributed by atoms with E-state index >= 15 is 0 Å². The lowest BCUT2D eigenvalue weighted by molar-refractivity contribution is 1.15. The summed E-state index contributed by atoms with van der Waals surface area (Å²) < 4.78 is 0. The van der Waals surface area contributed by atoms with Crippen LogP contribution < -0.4 is 0 Å². The molecule has 82 valence electrons. The molecule has 2 nitrogen and oxygen atoms in total. The molecule has 16 heavy (non-hydrogen) atoms. The Balaban J connectivity index is 2.58. The van der Waals surface area contributed by atoms with Crippen molar-refractivity contribution in [3.05, 3.63) is 36.7 Å². The Labute approximate surface area is 104 Å². The topological polar surface area (TPSA) is 25.8 Å². The smallest absolute Gasteiger partial charge is 0.103 e. The molecule has 2 aromatic heterocycles. The van der Waals surface area contributed by atoms with Crippen molar-refractivity contribution in [1.29, 1.82) is 0 Å². The summed E-state index contributed by atoms with van der Waals surface area (Å²) in [5.41, 5.74) is 1.94. The zero-order valence-corrected chi connectivity index (χ0v) is 10.8. The van der Waals surface area contributed by atoms with Gasteiger partial charge >= 0.3 is 0 Å². The van der Waals surface area contributed by atoms with Gasteiger partial charge in [0.25, 0.3) is 0 Å². The van der Waals surface area contributed by atoms with Gasteiger partial charge in [-0.15, -0.1) is 23.5 Å². The minimum Gasteiger partial charge on any atom is -0.253 e. The fourth-order valence-corrected chi connectivity index (χ4v) is 2.58. The first-order valence-corrected chi connectivity index (χ1v) is 7.30. The summed E-state index contributed by atoms with van der Waals surface area (Å²) in [7, 11) is 0. The van der Waals surface area contributed by atoms with E-state index in [9.17, 15) is 0 Å². The summed E-state index contributed by atoms with van der Waals surface area (Å²) in [4.78, 5) is 11.2. The summed E-state index contributed by atoms with van der Waals surface area (Å²) in [6.45, 7) is 0. The molecule has 2 rings (SSSR count). The van der Waals surface area contributed by atoms with Crippen molar-refractivity contribution in [2.45, 2.75) is 9.79 Å². The van der Waals surface area contributed by atoms with Gasteiger partial charge in [0.2, 0.25) is 0 Å². The molecule has 0 fully saturated rings. The molecule has 0 spiro atoms. The van der Waals surface area contributed by atoms with Gasteiger partial charge in [-0.3, -0.25) is 9.97 Å². The summed E-state index contributed by atoms with van der Waals surface area (Å²) in [6.07, 6.45) is 7.74. The molecule has 0 amide bonds. The van der Waals surface area contributed by atoms with E-state index in [2.05, 4.69) is 34.6 Å². The maximum Gasteiger partial charge on any atom is 0.103 e. The number of hydrogen-bond acceptors (Lipinski definition) is 4. The molecule has 0 radical (unpaired) electrons. The minimum atomic E-state index is 0.972. The van der Waals surface area contributed by atoms with Crippen LogP contribution in [0.5, 0.6) is 0 Å². The monoisotopic (exact) mass is 248 g/mol. The fraction of sp³-hybridized carbons (Fsp3) is 0.167. The highest BCUT2D eigenvalue weighted by Gasteiger charge is 2.10. The van der Waals surface area contributed by atoms with E-state index in [1.165, 1.54) is 0 Å².